The number of rotatable bonds is 6. The smallest absolute Gasteiger partial charge is 0.324 e. The summed E-state index contributed by atoms with van der Waals surface area (Å²) in [5.74, 6) is -0.862. The molecule has 0 radical (unpaired) electrons. The van der Waals surface area contributed by atoms with Gasteiger partial charge in [0.05, 0.1) is 18.7 Å². The monoisotopic (exact) mass is 413 g/mol. The number of hydrogen-bond donors (Lipinski definition) is 1. The van der Waals surface area contributed by atoms with Crippen molar-refractivity contribution in [2.45, 2.75) is 24.8 Å². The second-order valence-electron chi connectivity index (χ2n) is 4.79. The van der Waals surface area contributed by atoms with Gasteiger partial charge in [-0.15, -0.1) is 0 Å². The second-order valence-corrected chi connectivity index (χ2v) is 7.76. The first-order valence-electron chi connectivity index (χ1n) is 6.27. The van der Waals surface area contributed by atoms with E-state index in [-0.39, 0.29) is 21.6 Å². The minimum absolute atomic E-state index is 0.101. The van der Waals surface area contributed by atoms with Crippen molar-refractivity contribution in [3.8, 4) is 5.75 Å². The standard InChI is InChI=1S/C13H17BrClNO5S/c1-7(2)11(13(17)21-4)16-22(18,19)10-6-8(15)5-9(14)12(10)20-3/h5-7,11,16H,1-4H3/t11-/m1/s1. The van der Waals surface area contributed by atoms with Crippen LogP contribution >= 0.6 is 27.5 Å². The van der Waals surface area contributed by atoms with Crippen molar-refractivity contribution in [2.75, 3.05) is 14.2 Å². The molecule has 9 heteroatoms. The molecule has 0 aromatic heterocycles. The Kier molecular flexibility index (Phi) is 6.66. The van der Waals surface area contributed by atoms with Gasteiger partial charge < -0.3 is 9.47 Å². The first kappa shape index (κ1) is 19.2. The van der Waals surface area contributed by atoms with Crippen LogP contribution < -0.4 is 9.46 Å². The van der Waals surface area contributed by atoms with Gasteiger partial charge in [0.1, 0.15) is 10.9 Å². The number of carbonyl (C=O) groups excluding carboxylic acids is 1. The highest BCUT2D eigenvalue weighted by Gasteiger charge is 2.31. The zero-order valence-electron chi connectivity index (χ0n) is 12.5. The summed E-state index contributed by atoms with van der Waals surface area (Å²) in [7, 11) is -1.50. The lowest BCUT2D eigenvalue weighted by atomic mass is 10.1. The zero-order valence-corrected chi connectivity index (χ0v) is 15.7. The SMILES string of the molecule is COC(=O)[C@H](NS(=O)(=O)c1cc(Cl)cc(Br)c1OC)C(C)C. The maximum Gasteiger partial charge on any atom is 0.324 e. The summed E-state index contributed by atoms with van der Waals surface area (Å²) in [4.78, 5) is 11.6. The molecule has 0 heterocycles. The Hall–Kier alpha value is -0.830. The minimum Gasteiger partial charge on any atom is -0.494 e. The molecule has 0 amide bonds. The van der Waals surface area contributed by atoms with Crippen LogP contribution in [0.15, 0.2) is 21.5 Å². The van der Waals surface area contributed by atoms with E-state index in [4.69, 9.17) is 16.3 Å². The van der Waals surface area contributed by atoms with Crippen molar-refractivity contribution in [3.63, 3.8) is 0 Å². The van der Waals surface area contributed by atoms with Crippen LogP contribution in [0.5, 0.6) is 5.75 Å². The van der Waals surface area contributed by atoms with Crippen LogP contribution in [0, 0.1) is 5.92 Å². The topological polar surface area (TPSA) is 81.7 Å². The number of benzene rings is 1. The molecule has 22 heavy (non-hydrogen) atoms. The molecule has 124 valence electrons. The number of ether oxygens (including phenoxy) is 2. The van der Waals surface area contributed by atoms with E-state index in [1.54, 1.807) is 13.8 Å². The van der Waals surface area contributed by atoms with Crippen molar-refractivity contribution in [2.24, 2.45) is 5.92 Å². The molecule has 0 aliphatic rings. The van der Waals surface area contributed by atoms with E-state index in [1.807, 2.05) is 0 Å². The van der Waals surface area contributed by atoms with E-state index in [0.29, 0.717) is 4.47 Å². The predicted octanol–water partition coefficient (Wildman–Crippen LogP) is 2.59. The summed E-state index contributed by atoms with van der Waals surface area (Å²) < 4.78 is 37.6. The molecule has 0 unspecified atom stereocenters. The maximum absolute atomic E-state index is 12.6. The van der Waals surface area contributed by atoms with E-state index in [2.05, 4.69) is 25.4 Å². The van der Waals surface area contributed by atoms with Gasteiger partial charge in [0.2, 0.25) is 10.0 Å². The average molecular weight is 415 g/mol. The van der Waals surface area contributed by atoms with Crippen LogP contribution in [0.2, 0.25) is 5.02 Å². The maximum atomic E-state index is 12.6. The van der Waals surface area contributed by atoms with Gasteiger partial charge in [0.15, 0.2) is 5.75 Å². The molecule has 0 aliphatic carbocycles. The molecule has 1 atom stereocenters. The van der Waals surface area contributed by atoms with E-state index in [1.165, 1.54) is 26.4 Å². The number of carbonyl (C=O) groups is 1. The molecule has 0 bridgehead atoms. The van der Waals surface area contributed by atoms with E-state index >= 15 is 0 Å². The van der Waals surface area contributed by atoms with Crippen LogP contribution in [-0.2, 0) is 19.6 Å². The normalized spacial score (nSPS) is 13.0. The third kappa shape index (κ3) is 4.34. The van der Waals surface area contributed by atoms with Gasteiger partial charge in [-0.25, -0.2) is 8.42 Å². The van der Waals surface area contributed by atoms with Gasteiger partial charge in [-0.2, -0.15) is 4.72 Å². The van der Waals surface area contributed by atoms with Gasteiger partial charge in [-0.1, -0.05) is 25.4 Å². The van der Waals surface area contributed by atoms with Crippen molar-refractivity contribution >= 4 is 43.5 Å². The highest BCUT2D eigenvalue weighted by molar-refractivity contribution is 9.10. The highest BCUT2D eigenvalue weighted by atomic mass is 79.9. The summed E-state index contributed by atoms with van der Waals surface area (Å²) in [5, 5.41) is 0.215. The number of halogens is 2. The molecule has 1 N–H and O–H groups in total. The van der Waals surface area contributed by atoms with Crippen molar-refractivity contribution in [1.29, 1.82) is 0 Å². The number of sulfonamides is 1. The fraction of sp³-hybridized carbons (Fsp3) is 0.462. The molecular weight excluding hydrogens is 398 g/mol. The average Bonchev–Trinajstić information content (AvgIpc) is 2.43. The van der Waals surface area contributed by atoms with Crippen molar-refractivity contribution in [1.82, 2.24) is 4.72 Å². The van der Waals surface area contributed by atoms with E-state index in [9.17, 15) is 13.2 Å². The van der Waals surface area contributed by atoms with Gasteiger partial charge in [0, 0.05) is 5.02 Å². The predicted molar refractivity (Wildman–Crippen MR) is 86.7 cm³/mol. The summed E-state index contributed by atoms with van der Waals surface area (Å²) >= 11 is 9.10. The number of methoxy groups -OCH3 is 2. The minimum atomic E-state index is -4.04. The molecule has 0 aliphatic heterocycles. The Labute approximate surface area is 143 Å². The Bertz CT molecular complexity index is 663. The highest BCUT2D eigenvalue weighted by Crippen LogP contribution is 2.35. The number of esters is 1. The van der Waals surface area contributed by atoms with Crippen LogP contribution in [0.4, 0.5) is 0 Å². The van der Waals surface area contributed by atoms with Crippen molar-refractivity contribution < 1.29 is 22.7 Å². The van der Waals surface area contributed by atoms with Crippen LogP contribution in [0.25, 0.3) is 0 Å². The summed E-state index contributed by atoms with van der Waals surface area (Å²) in [6.45, 7) is 3.41. The summed E-state index contributed by atoms with van der Waals surface area (Å²) in [5.41, 5.74) is 0. The molecule has 1 rings (SSSR count). The Balaban J connectivity index is 3.33. The summed E-state index contributed by atoms with van der Waals surface area (Å²) in [6, 6.07) is 1.75. The molecule has 0 saturated heterocycles. The van der Waals surface area contributed by atoms with Crippen LogP contribution in [0.1, 0.15) is 13.8 Å². The molecule has 6 nitrogen and oxygen atoms in total. The fourth-order valence-electron chi connectivity index (χ4n) is 1.75. The summed E-state index contributed by atoms with van der Waals surface area (Å²) in [6.07, 6.45) is 0. The number of nitrogens with one attached hydrogen (secondary N) is 1. The molecule has 1 aromatic carbocycles. The largest absolute Gasteiger partial charge is 0.494 e. The quantitative estimate of drug-likeness (QED) is 0.724. The first-order valence-corrected chi connectivity index (χ1v) is 8.92. The van der Waals surface area contributed by atoms with Gasteiger partial charge in [0.25, 0.3) is 0 Å². The molecular formula is C13H17BrClNO5S. The van der Waals surface area contributed by atoms with E-state index in [0.717, 1.165) is 0 Å². The molecule has 1 aromatic rings. The molecule has 0 fully saturated rings. The first-order chi connectivity index (χ1) is 10.1. The fourth-order valence-corrected chi connectivity index (χ4v) is 4.47. The Morgan fingerprint density at radius 3 is 2.36 bits per heavy atom. The molecule has 0 saturated carbocycles. The van der Waals surface area contributed by atoms with E-state index < -0.39 is 22.0 Å². The number of hydrogen-bond acceptors (Lipinski definition) is 5. The van der Waals surface area contributed by atoms with Gasteiger partial charge in [-0.3, -0.25) is 4.79 Å². The molecule has 0 spiro atoms. The lowest BCUT2D eigenvalue weighted by Crippen LogP contribution is -2.45. The Morgan fingerprint density at radius 2 is 1.91 bits per heavy atom. The van der Waals surface area contributed by atoms with Crippen LogP contribution in [-0.4, -0.2) is 34.6 Å². The third-order valence-corrected chi connectivity index (χ3v) is 5.13. The van der Waals surface area contributed by atoms with Crippen LogP contribution in [0.3, 0.4) is 0 Å². The van der Waals surface area contributed by atoms with Gasteiger partial charge in [-0.05, 0) is 34.0 Å². The lowest BCUT2D eigenvalue weighted by Gasteiger charge is -2.21. The van der Waals surface area contributed by atoms with Crippen molar-refractivity contribution in [3.05, 3.63) is 21.6 Å². The Morgan fingerprint density at radius 1 is 1.32 bits per heavy atom. The van der Waals surface area contributed by atoms with Gasteiger partial charge >= 0.3 is 5.97 Å². The third-order valence-electron chi connectivity index (χ3n) is 2.87. The zero-order chi connectivity index (χ0) is 17.1. The second kappa shape index (κ2) is 7.63. The lowest BCUT2D eigenvalue weighted by molar-refractivity contribution is -0.143.